The molecule has 0 aliphatic rings. The Labute approximate surface area is 98.8 Å². The zero-order valence-corrected chi connectivity index (χ0v) is 11.0. The minimum Gasteiger partial charge on any atom is -0.221 e. The van der Waals surface area contributed by atoms with E-state index in [9.17, 15) is 8.42 Å². The van der Waals surface area contributed by atoms with Crippen molar-refractivity contribution in [1.29, 1.82) is 0 Å². The van der Waals surface area contributed by atoms with Gasteiger partial charge >= 0.3 is 0 Å². The molecule has 0 N–H and O–H groups in total. The molecule has 4 nitrogen and oxygen atoms in total. The number of nitrogens with zero attached hydrogens (tertiary/aromatic N) is 2. The Hall–Kier alpha value is -0.200. The average Bonchev–Trinajstić information content (AvgIpc) is 2.66. The molecule has 0 aliphatic heterocycles. The van der Waals surface area contributed by atoms with Gasteiger partial charge in [-0.3, -0.25) is 0 Å². The van der Waals surface area contributed by atoms with E-state index in [1.54, 1.807) is 6.92 Å². The lowest BCUT2D eigenvalue weighted by atomic mass is 10.4. The van der Waals surface area contributed by atoms with Gasteiger partial charge in [-0.2, -0.15) is 4.37 Å². The first-order chi connectivity index (χ1) is 7.02. The van der Waals surface area contributed by atoms with Gasteiger partial charge in [-0.1, -0.05) is 6.92 Å². The van der Waals surface area contributed by atoms with E-state index in [4.69, 9.17) is 11.6 Å². The third kappa shape index (κ3) is 2.89. The van der Waals surface area contributed by atoms with Gasteiger partial charge in [0.25, 0.3) is 0 Å². The van der Waals surface area contributed by atoms with Crippen LogP contribution >= 0.6 is 23.1 Å². The van der Waals surface area contributed by atoms with Gasteiger partial charge in [0, 0.05) is 12.3 Å². The maximum Gasteiger partial charge on any atom is 0.229 e. The maximum atomic E-state index is 11.9. The number of rotatable bonds is 5. The van der Waals surface area contributed by atoms with Crippen molar-refractivity contribution in [3.05, 3.63) is 5.82 Å². The summed E-state index contributed by atoms with van der Waals surface area (Å²) in [5.74, 6) is 0.913. The van der Waals surface area contributed by atoms with Gasteiger partial charge in [-0.15, -0.1) is 11.6 Å². The van der Waals surface area contributed by atoms with Crippen LogP contribution in [0.3, 0.4) is 0 Å². The van der Waals surface area contributed by atoms with Gasteiger partial charge < -0.3 is 0 Å². The molecular formula is C8H13ClN2O2S2. The molecule has 0 bridgehead atoms. The fraction of sp³-hybridized carbons (Fsp3) is 0.750. The molecule has 1 atom stereocenters. The van der Waals surface area contributed by atoms with Crippen LogP contribution in [0.5, 0.6) is 0 Å². The SMILES string of the molecule is CCc1nsc(S(=O)(=O)C(C)CCCl)n1. The normalized spacial score (nSPS) is 14.1. The Morgan fingerprint density at radius 2 is 2.20 bits per heavy atom. The summed E-state index contributed by atoms with van der Waals surface area (Å²) in [6, 6.07) is 0. The Balaban J connectivity index is 2.95. The van der Waals surface area contributed by atoms with Gasteiger partial charge in [0.1, 0.15) is 5.82 Å². The maximum absolute atomic E-state index is 11.9. The quantitative estimate of drug-likeness (QED) is 0.765. The second kappa shape index (κ2) is 5.23. The molecule has 15 heavy (non-hydrogen) atoms. The lowest BCUT2D eigenvalue weighted by Gasteiger charge is -2.07. The molecule has 0 aromatic carbocycles. The van der Waals surface area contributed by atoms with E-state index in [2.05, 4.69) is 9.36 Å². The van der Waals surface area contributed by atoms with Gasteiger partial charge in [-0.05, 0) is 24.9 Å². The Morgan fingerprint density at radius 1 is 1.53 bits per heavy atom. The third-order valence-corrected chi connectivity index (χ3v) is 5.62. The summed E-state index contributed by atoms with van der Waals surface area (Å²) < 4.78 is 27.9. The van der Waals surface area contributed by atoms with Crippen molar-refractivity contribution < 1.29 is 8.42 Å². The topological polar surface area (TPSA) is 59.9 Å². The summed E-state index contributed by atoms with van der Waals surface area (Å²) >= 11 is 6.47. The number of sulfone groups is 1. The molecule has 0 radical (unpaired) electrons. The van der Waals surface area contributed by atoms with Gasteiger partial charge in [-0.25, -0.2) is 13.4 Å². The van der Waals surface area contributed by atoms with Crippen LogP contribution in [0.2, 0.25) is 0 Å². The summed E-state index contributed by atoms with van der Waals surface area (Å²) in [6.45, 7) is 3.53. The van der Waals surface area contributed by atoms with Crippen molar-refractivity contribution in [2.24, 2.45) is 0 Å². The van der Waals surface area contributed by atoms with Crippen LogP contribution in [0.15, 0.2) is 4.34 Å². The van der Waals surface area contributed by atoms with Crippen LogP contribution in [0, 0.1) is 0 Å². The highest BCUT2D eigenvalue weighted by molar-refractivity contribution is 7.93. The van der Waals surface area contributed by atoms with Crippen molar-refractivity contribution in [1.82, 2.24) is 9.36 Å². The van der Waals surface area contributed by atoms with Crippen molar-refractivity contribution in [2.75, 3.05) is 5.88 Å². The van der Waals surface area contributed by atoms with Crippen LogP contribution in [0.4, 0.5) is 0 Å². The smallest absolute Gasteiger partial charge is 0.221 e. The number of halogens is 1. The average molecular weight is 269 g/mol. The zero-order chi connectivity index (χ0) is 11.5. The Kier molecular flexibility index (Phi) is 4.48. The van der Waals surface area contributed by atoms with E-state index in [0.29, 0.717) is 24.5 Å². The molecule has 0 spiro atoms. The van der Waals surface area contributed by atoms with E-state index in [0.717, 1.165) is 11.5 Å². The van der Waals surface area contributed by atoms with E-state index in [-0.39, 0.29) is 4.34 Å². The number of aromatic nitrogens is 2. The highest BCUT2D eigenvalue weighted by Gasteiger charge is 2.26. The Morgan fingerprint density at radius 3 is 2.67 bits per heavy atom. The van der Waals surface area contributed by atoms with Crippen LogP contribution in [0.25, 0.3) is 0 Å². The standard InChI is InChI=1S/C8H13ClN2O2S2/c1-3-7-10-8(14-11-7)15(12,13)6(2)4-5-9/h6H,3-5H2,1-2H3. The molecule has 0 saturated carbocycles. The largest absolute Gasteiger partial charge is 0.229 e. The van der Waals surface area contributed by atoms with E-state index in [1.807, 2.05) is 6.92 Å². The number of alkyl halides is 1. The molecule has 0 aliphatic carbocycles. The third-order valence-electron chi connectivity index (χ3n) is 2.05. The molecular weight excluding hydrogens is 256 g/mol. The number of hydrogen-bond donors (Lipinski definition) is 0. The van der Waals surface area contributed by atoms with E-state index in [1.165, 1.54) is 0 Å². The second-order valence-electron chi connectivity index (χ2n) is 3.16. The van der Waals surface area contributed by atoms with Crippen molar-refractivity contribution in [3.63, 3.8) is 0 Å². The molecule has 1 unspecified atom stereocenters. The first-order valence-corrected chi connectivity index (χ1v) is 7.50. The lowest BCUT2D eigenvalue weighted by molar-refractivity contribution is 0.580. The van der Waals surface area contributed by atoms with Crippen LogP contribution in [0.1, 0.15) is 26.1 Å². The first kappa shape index (κ1) is 12.9. The summed E-state index contributed by atoms with van der Waals surface area (Å²) in [7, 11) is -3.33. The van der Waals surface area contributed by atoms with Crippen molar-refractivity contribution >= 4 is 33.0 Å². The molecule has 86 valence electrons. The van der Waals surface area contributed by atoms with Crippen molar-refractivity contribution in [3.8, 4) is 0 Å². The second-order valence-corrected chi connectivity index (χ2v) is 6.83. The molecule has 0 fully saturated rings. The minimum absolute atomic E-state index is 0.108. The lowest BCUT2D eigenvalue weighted by Crippen LogP contribution is -2.18. The molecule has 1 aromatic rings. The fourth-order valence-corrected chi connectivity index (χ4v) is 3.96. The molecule has 1 rings (SSSR count). The monoisotopic (exact) mass is 268 g/mol. The zero-order valence-electron chi connectivity index (χ0n) is 8.60. The fourth-order valence-electron chi connectivity index (χ4n) is 0.978. The van der Waals surface area contributed by atoms with Gasteiger partial charge in [0.2, 0.25) is 14.2 Å². The first-order valence-electron chi connectivity index (χ1n) is 4.64. The summed E-state index contributed by atoms with van der Waals surface area (Å²) in [6.07, 6.45) is 1.08. The summed E-state index contributed by atoms with van der Waals surface area (Å²) in [4.78, 5) is 3.98. The molecule has 0 amide bonds. The van der Waals surface area contributed by atoms with Gasteiger partial charge in [0.05, 0.1) is 5.25 Å². The highest BCUT2D eigenvalue weighted by Crippen LogP contribution is 2.20. The van der Waals surface area contributed by atoms with Crippen LogP contribution < -0.4 is 0 Å². The van der Waals surface area contributed by atoms with Crippen molar-refractivity contribution in [2.45, 2.75) is 36.3 Å². The summed E-state index contributed by atoms with van der Waals surface area (Å²) in [5, 5.41) is -0.493. The highest BCUT2D eigenvalue weighted by atomic mass is 35.5. The minimum atomic E-state index is -3.33. The van der Waals surface area contributed by atoms with Crippen LogP contribution in [-0.2, 0) is 16.3 Å². The molecule has 1 heterocycles. The molecule has 7 heteroatoms. The van der Waals surface area contributed by atoms with E-state index < -0.39 is 15.1 Å². The number of hydrogen-bond acceptors (Lipinski definition) is 5. The summed E-state index contributed by atoms with van der Waals surface area (Å²) in [5.41, 5.74) is 0. The Bertz CT molecular complexity index is 416. The molecule has 1 aromatic heterocycles. The number of aryl methyl sites for hydroxylation is 1. The van der Waals surface area contributed by atoms with Crippen LogP contribution in [-0.4, -0.2) is 28.9 Å². The van der Waals surface area contributed by atoms with Gasteiger partial charge in [0.15, 0.2) is 0 Å². The van der Waals surface area contributed by atoms with E-state index >= 15 is 0 Å². The predicted octanol–water partition coefficient (Wildman–Crippen LogP) is 1.89. The predicted molar refractivity (Wildman–Crippen MR) is 61.3 cm³/mol. The molecule has 0 saturated heterocycles.